The lowest BCUT2D eigenvalue weighted by atomic mass is 9.86. The first kappa shape index (κ1) is 11.7. The largest absolute Gasteiger partial charge is 0.334 e. The van der Waals surface area contributed by atoms with E-state index in [2.05, 4.69) is 29.6 Å². The Morgan fingerprint density at radius 3 is 2.69 bits per heavy atom. The van der Waals surface area contributed by atoms with Crippen molar-refractivity contribution in [3.8, 4) is 0 Å². The smallest absolute Gasteiger partial charge is 0.0948 e. The molecule has 1 aromatic heterocycles. The summed E-state index contributed by atoms with van der Waals surface area (Å²) < 4.78 is 2.28. The zero-order chi connectivity index (χ0) is 11.4. The summed E-state index contributed by atoms with van der Waals surface area (Å²) in [5, 5.41) is 0. The van der Waals surface area contributed by atoms with E-state index in [1.54, 1.807) is 0 Å². The van der Waals surface area contributed by atoms with Crippen molar-refractivity contribution in [1.29, 1.82) is 0 Å². The highest BCUT2D eigenvalue weighted by atomic mass is 15.0. The lowest BCUT2D eigenvalue weighted by Crippen LogP contribution is -2.15. The van der Waals surface area contributed by atoms with Crippen LogP contribution in [0, 0.1) is 11.8 Å². The molecule has 1 fully saturated rings. The Morgan fingerprint density at radius 2 is 2.12 bits per heavy atom. The van der Waals surface area contributed by atoms with E-state index in [1.165, 1.54) is 38.5 Å². The van der Waals surface area contributed by atoms with Gasteiger partial charge < -0.3 is 4.57 Å². The second kappa shape index (κ2) is 5.51. The Morgan fingerprint density at radius 1 is 1.38 bits per heavy atom. The van der Waals surface area contributed by atoms with Gasteiger partial charge in [-0.1, -0.05) is 39.5 Å². The number of nitrogens with zero attached hydrogens (tertiary/aromatic N) is 2. The summed E-state index contributed by atoms with van der Waals surface area (Å²) in [5.41, 5.74) is 0. The van der Waals surface area contributed by atoms with Crippen LogP contribution in [-0.2, 0) is 0 Å². The maximum atomic E-state index is 4.16. The third-order valence-corrected chi connectivity index (χ3v) is 4.27. The average Bonchev–Trinajstić information content (AvgIpc) is 2.96. The molecule has 0 N–H and O–H groups in total. The molecule has 16 heavy (non-hydrogen) atoms. The third kappa shape index (κ3) is 2.66. The summed E-state index contributed by atoms with van der Waals surface area (Å²) in [4.78, 5) is 4.16. The van der Waals surface area contributed by atoms with Crippen LogP contribution in [0.4, 0.5) is 0 Å². The molecule has 0 saturated heterocycles. The van der Waals surface area contributed by atoms with E-state index in [9.17, 15) is 0 Å². The Bertz CT molecular complexity index is 286. The summed E-state index contributed by atoms with van der Waals surface area (Å²) in [5.74, 6) is 1.85. The van der Waals surface area contributed by atoms with Crippen molar-refractivity contribution in [2.45, 2.75) is 58.4 Å². The molecule has 2 unspecified atom stereocenters. The highest BCUT2D eigenvalue weighted by Gasteiger charge is 2.23. The highest BCUT2D eigenvalue weighted by Crippen LogP contribution is 2.35. The van der Waals surface area contributed by atoms with Crippen LogP contribution in [0.3, 0.4) is 0 Å². The molecule has 2 heteroatoms. The zero-order valence-electron chi connectivity index (χ0n) is 10.6. The van der Waals surface area contributed by atoms with E-state index in [1.807, 2.05) is 12.5 Å². The van der Waals surface area contributed by atoms with Crippen LogP contribution in [0.1, 0.15) is 58.4 Å². The standard InChI is InChI=1S/C14H24N2/c1-3-14(16-9-8-15-11-16)10-12(2)13-6-4-5-7-13/h8-9,11-14H,3-7,10H2,1-2H3. The van der Waals surface area contributed by atoms with Crippen LogP contribution >= 0.6 is 0 Å². The number of hydrogen-bond acceptors (Lipinski definition) is 1. The second-order valence-electron chi connectivity index (χ2n) is 5.33. The Labute approximate surface area is 99.1 Å². The number of imidazole rings is 1. The molecule has 1 aromatic rings. The van der Waals surface area contributed by atoms with Crippen molar-refractivity contribution >= 4 is 0 Å². The van der Waals surface area contributed by atoms with Crippen LogP contribution in [0.15, 0.2) is 18.7 Å². The first-order valence-electron chi connectivity index (χ1n) is 6.78. The van der Waals surface area contributed by atoms with Gasteiger partial charge >= 0.3 is 0 Å². The van der Waals surface area contributed by atoms with E-state index in [-0.39, 0.29) is 0 Å². The van der Waals surface area contributed by atoms with E-state index < -0.39 is 0 Å². The molecule has 0 aliphatic heterocycles. The van der Waals surface area contributed by atoms with Gasteiger partial charge in [0.25, 0.3) is 0 Å². The quantitative estimate of drug-likeness (QED) is 0.732. The normalized spacial score (nSPS) is 21.1. The summed E-state index contributed by atoms with van der Waals surface area (Å²) in [6.07, 6.45) is 14.3. The topological polar surface area (TPSA) is 17.8 Å². The minimum Gasteiger partial charge on any atom is -0.334 e. The molecule has 90 valence electrons. The molecule has 0 spiro atoms. The third-order valence-electron chi connectivity index (χ3n) is 4.27. The Balaban J connectivity index is 1.91. The van der Waals surface area contributed by atoms with E-state index in [0.717, 1.165) is 11.8 Å². The molecule has 0 bridgehead atoms. The lowest BCUT2D eigenvalue weighted by molar-refractivity contribution is 0.284. The maximum absolute atomic E-state index is 4.16. The predicted octanol–water partition coefficient (Wildman–Crippen LogP) is 4.05. The molecular weight excluding hydrogens is 196 g/mol. The van der Waals surface area contributed by atoms with Gasteiger partial charge in [0.05, 0.1) is 6.33 Å². The molecule has 2 rings (SSSR count). The summed E-state index contributed by atoms with van der Waals surface area (Å²) >= 11 is 0. The van der Waals surface area contributed by atoms with Crippen molar-refractivity contribution in [1.82, 2.24) is 9.55 Å². The van der Waals surface area contributed by atoms with Crippen LogP contribution in [0.5, 0.6) is 0 Å². The van der Waals surface area contributed by atoms with Crippen LogP contribution in [0.2, 0.25) is 0 Å². The van der Waals surface area contributed by atoms with E-state index in [4.69, 9.17) is 0 Å². The summed E-state index contributed by atoms with van der Waals surface area (Å²) in [6, 6.07) is 0.651. The second-order valence-corrected chi connectivity index (χ2v) is 5.33. The molecular formula is C14H24N2. The highest BCUT2D eigenvalue weighted by molar-refractivity contribution is 4.83. The fourth-order valence-corrected chi connectivity index (χ4v) is 3.13. The average molecular weight is 220 g/mol. The van der Waals surface area contributed by atoms with E-state index >= 15 is 0 Å². The van der Waals surface area contributed by atoms with Crippen molar-refractivity contribution in [3.63, 3.8) is 0 Å². The lowest BCUT2D eigenvalue weighted by Gasteiger charge is -2.25. The molecule has 0 radical (unpaired) electrons. The molecule has 2 nitrogen and oxygen atoms in total. The van der Waals surface area contributed by atoms with Gasteiger partial charge in [0.2, 0.25) is 0 Å². The van der Waals surface area contributed by atoms with Gasteiger partial charge in [0, 0.05) is 18.4 Å². The maximum Gasteiger partial charge on any atom is 0.0948 e. The van der Waals surface area contributed by atoms with E-state index in [0.29, 0.717) is 6.04 Å². The monoisotopic (exact) mass is 220 g/mol. The van der Waals surface area contributed by atoms with Crippen molar-refractivity contribution in [2.75, 3.05) is 0 Å². The van der Waals surface area contributed by atoms with Crippen molar-refractivity contribution in [3.05, 3.63) is 18.7 Å². The minimum absolute atomic E-state index is 0.651. The SMILES string of the molecule is CCC(CC(C)C1CCCC1)n1ccnc1. The van der Waals surface area contributed by atoms with Crippen LogP contribution < -0.4 is 0 Å². The molecule has 0 amide bonds. The Kier molecular flexibility index (Phi) is 4.03. The summed E-state index contributed by atoms with van der Waals surface area (Å²) in [7, 11) is 0. The molecule has 1 heterocycles. The van der Waals surface area contributed by atoms with Gasteiger partial charge in [-0.25, -0.2) is 4.98 Å². The van der Waals surface area contributed by atoms with Gasteiger partial charge in [-0.2, -0.15) is 0 Å². The predicted molar refractivity (Wildman–Crippen MR) is 67.3 cm³/mol. The van der Waals surface area contributed by atoms with Crippen molar-refractivity contribution < 1.29 is 0 Å². The van der Waals surface area contributed by atoms with Crippen molar-refractivity contribution in [2.24, 2.45) is 11.8 Å². The number of rotatable bonds is 5. The molecule has 1 saturated carbocycles. The van der Waals surface area contributed by atoms with Crippen LogP contribution in [0.25, 0.3) is 0 Å². The van der Waals surface area contributed by atoms with Gasteiger partial charge in [-0.05, 0) is 24.7 Å². The first-order valence-corrected chi connectivity index (χ1v) is 6.78. The van der Waals surface area contributed by atoms with Gasteiger partial charge in [0.15, 0.2) is 0 Å². The zero-order valence-corrected chi connectivity index (χ0v) is 10.6. The minimum atomic E-state index is 0.651. The Hall–Kier alpha value is -0.790. The van der Waals surface area contributed by atoms with Gasteiger partial charge in [-0.15, -0.1) is 0 Å². The molecule has 1 aliphatic carbocycles. The first-order chi connectivity index (χ1) is 7.81. The van der Waals surface area contributed by atoms with Gasteiger partial charge in [0.1, 0.15) is 0 Å². The fourth-order valence-electron chi connectivity index (χ4n) is 3.13. The van der Waals surface area contributed by atoms with Gasteiger partial charge in [-0.3, -0.25) is 0 Å². The number of aromatic nitrogens is 2. The van der Waals surface area contributed by atoms with Crippen LogP contribution in [-0.4, -0.2) is 9.55 Å². The molecule has 2 atom stereocenters. The molecule has 0 aromatic carbocycles. The molecule has 1 aliphatic rings. The fraction of sp³-hybridized carbons (Fsp3) is 0.786. The number of hydrogen-bond donors (Lipinski definition) is 0. The summed E-state index contributed by atoms with van der Waals surface area (Å²) in [6.45, 7) is 4.72.